The zero-order valence-corrected chi connectivity index (χ0v) is 11.4. The van der Waals surface area contributed by atoms with Crippen LogP contribution in [-0.2, 0) is 10.2 Å². The summed E-state index contributed by atoms with van der Waals surface area (Å²) in [6.45, 7) is 4.16. The van der Waals surface area contributed by atoms with Gasteiger partial charge in [0.25, 0.3) is 0 Å². The van der Waals surface area contributed by atoms with Gasteiger partial charge in [0.15, 0.2) is 0 Å². The molecule has 0 radical (unpaired) electrons. The second-order valence-corrected chi connectivity index (χ2v) is 5.74. The maximum Gasteiger partial charge on any atom is 0.332 e. The lowest BCUT2D eigenvalue weighted by Crippen LogP contribution is -2.34. The van der Waals surface area contributed by atoms with Gasteiger partial charge in [-0.15, -0.1) is 0 Å². The van der Waals surface area contributed by atoms with E-state index in [1.165, 1.54) is 0 Å². The zero-order chi connectivity index (χ0) is 13.3. The van der Waals surface area contributed by atoms with Gasteiger partial charge >= 0.3 is 5.97 Å². The predicted molar refractivity (Wildman–Crippen MR) is 72.9 cm³/mol. The first-order chi connectivity index (χ1) is 8.43. The quantitative estimate of drug-likeness (QED) is 0.875. The van der Waals surface area contributed by atoms with Crippen molar-refractivity contribution in [2.24, 2.45) is 5.92 Å². The Bertz CT molecular complexity index is 490. The van der Waals surface area contributed by atoms with Crippen LogP contribution in [0, 0.1) is 5.92 Å². The van der Waals surface area contributed by atoms with Crippen molar-refractivity contribution in [1.82, 2.24) is 0 Å². The van der Waals surface area contributed by atoms with E-state index in [9.17, 15) is 9.90 Å². The molecule has 0 aromatic heterocycles. The third-order valence-electron chi connectivity index (χ3n) is 3.79. The maximum absolute atomic E-state index is 11.4. The molecule has 0 saturated heterocycles. The van der Waals surface area contributed by atoms with Gasteiger partial charge in [-0.3, -0.25) is 0 Å². The van der Waals surface area contributed by atoms with Gasteiger partial charge in [-0.05, 0) is 36.5 Å². The summed E-state index contributed by atoms with van der Waals surface area (Å²) in [7, 11) is 0. The Balaban J connectivity index is 2.49. The van der Waals surface area contributed by atoms with Crippen molar-refractivity contribution < 1.29 is 9.90 Å². The fraction of sp³-hybridized carbons (Fsp3) is 0.400. The lowest BCUT2D eigenvalue weighted by Gasteiger charge is -2.37. The van der Waals surface area contributed by atoms with E-state index in [2.05, 4.69) is 6.92 Å². The van der Waals surface area contributed by atoms with Crippen molar-refractivity contribution in [2.45, 2.75) is 32.1 Å². The summed E-state index contributed by atoms with van der Waals surface area (Å²) in [5, 5.41) is 10.1. The van der Waals surface area contributed by atoms with Gasteiger partial charge in [0.2, 0.25) is 0 Å². The molecule has 0 heterocycles. The Hall–Kier alpha value is -1.28. The van der Waals surface area contributed by atoms with Crippen LogP contribution in [0.2, 0.25) is 5.02 Å². The average molecular weight is 265 g/mol. The highest BCUT2D eigenvalue weighted by Gasteiger charge is 2.38. The molecule has 1 N–H and O–H groups in total. The summed E-state index contributed by atoms with van der Waals surface area (Å²) >= 11 is 5.89. The molecule has 1 aromatic rings. The van der Waals surface area contributed by atoms with E-state index in [1.807, 2.05) is 37.3 Å². The summed E-state index contributed by atoms with van der Waals surface area (Å²) in [5.74, 6) is -0.326. The van der Waals surface area contributed by atoms with Gasteiger partial charge in [0.05, 0.1) is 0 Å². The highest BCUT2D eigenvalue weighted by atomic mass is 35.5. The molecule has 2 unspecified atom stereocenters. The van der Waals surface area contributed by atoms with Gasteiger partial charge in [-0.1, -0.05) is 43.7 Å². The molecule has 2 nitrogen and oxygen atoms in total. The molecule has 0 saturated carbocycles. The summed E-state index contributed by atoms with van der Waals surface area (Å²) < 4.78 is 0. The normalized spacial score (nSPS) is 27.7. The predicted octanol–water partition coefficient (Wildman–Crippen LogP) is 4.04. The van der Waals surface area contributed by atoms with Crippen molar-refractivity contribution in [3.05, 3.63) is 46.5 Å². The second kappa shape index (κ2) is 4.77. The van der Waals surface area contributed by atoms with Crippen molar-refractivity contribution in [1.29, 1.82) is 0 Å². The van der Waals surface area contributed by atoms with Gasteiger partial charge in [-0.2, -0.15) is 0 Å². The largest absolute Gasteiger partial charge is 0.478 e. The first kappa shape index (κ1) is 13.2. The minimum atomic E-state index is -0.820. The molecule has 1 aliphatic rings. The van der Waals surface area contributed by atoms with E-state index in [1.54, 1.807) is 0 Å². The molecular formula is C15H17ClO2. The lowest BCUT2D eigenvalue weighted by molar-refractivity contribution is -0.133. The number of carboxylic acids is 1. The second-order valence-electron chi connectivity index (χ2n) is 5.31. The Kier molecular flexibility index (Phi) is 3.49. The van der Waals surface area contributed by atoms with Crippen LogP contribution in [0.1, 0.15) is 32.3 Å². The Morgan fingerprint density at radius 2 is 2.00 bits per heavy atom. The summed E-state index contributed by atoms with van der Waals surface area (Å²) in [5.41, 5.74) is 1.10. The molecule has 2 atom stereocenters. The lowest BCUT2D eigenvalue weighted by atomic mass is 9.66. The molecule has 0 spiro atoms. The number of allylic oxidation sites excluding steroid dienone is 1. The van der Waals surface area contributed by atoms with Crippen LogP contribution in [0.5, 0.6) is 0 Å². The number of carboxylic acid groups (broad SMARTS) is 1. The molecule has 0 fully saturated rings. The van der Waals surface area contributed by atoms with Crippen molar-refractivity contribution in [3.63, 3.8) is 0 Å². The number of hydrogen-bond acceptors (Lipinski definition) is 1. The summed E-state index contributed by atoms with van der Waals surface area (Å²) in [6.07, 6.45) is 3.56. The maximum atomic E-state index is 11.4. The SMILES string of the molecule is CC1CC=C(C(=O)O)C(C)(c2ccc(Cl)cc2)C1. The standard InChI is InChI=1S/C15H17ClO2/c1-10-3-8-13(14(17)18)15(2,9-10)11-4-6-12(16)7-5-11/h4-8,10H,3,9H2,1-2H3,(H,17,18). The number of benzene rings is 1. The van der Waals surface area contributed by atoms with Crippen LogP contribution in [0.3, 0.4) is 0 Å². The summed E-state index contributed by atoms with van der Waals surface area (Å²) in [4.78, 5) is 11.4. The van der Waals surface area contributed by atoms with Crippen molar-refractivity contribution in [3.8, 4) is 0 Å². The topological polar surface area (TPSA) is 37.3 Å². The third kappa shape index (κ3) is 2.30. The van der Waals surface area contributed by atoms with E-state index < -0.39 is 11.4 Å². The fourth-order valence-corrected chi connectivity index (χ4v) is 2.97. The molecule has 3 heteroatoms. The monoisotopic (exact) mass is 264 g/mol. The molecule has 0 bridgehead atoms. The highest BCUT2D eigenvalue weighted by Crippen LogP contribution is 2.42. The van der Waals surface area contributed by atoms with Gasteiger partial charge < -0.3 is 5.11 Å². The Morgan fingerprint density at radius 3 is 2.56 bits per heavy atom. The minimum absolute atomic E-state index is 0.423. The van der Waals surface area contributed by atoms with Gasteiger partial charge in [0, 0.05) is 16.0 Å². The van der Waals surface area contributed by atoms with Crippen LogP contribution in [-0.4, -0.2) is 11.1 Å². The number of carbonyl (C=O) groups is 1. The molecular weight excluding hydrogens is 248 g/mol. The smallest absolute Gasteiger partial charge is 0.332 e. The van der Waals surface area contributed by atoms with E-state index in [0.717, 1.165) is 18.4 Å². The van der Waals surface area contributed by atoms with E-state index in [0.29, 0.717) is 16.5 Å². The Morgan fingerprint density at radius 1 is 1.39 bits per heavy atom. The van der Waals surface area contributed by atoms with E-state index >= 15 is 0 Å². The van der Waals surface area contributed by atoms with E-state index in [4.69, 9.17) is 11.6 Å². The molecule has 0 amide bonds. The molecule has 96 valence electrons. The van der Waals surface area contributed by atoms with Gasteiger partial charge in [0.1, 0.15) is 0 Å². The first-order valence-electron chi connectivity index (χ1n) is 6.13. The van der Waals surface area contributed by atoms with Crippen molar-refractivity contribution >= 4 is 17.6 Å². The highest BCUT2D eigenvalue weighted by molar-refractivity contribution is 6.30. The molecule has 2 rings (SSSR count). The first-order valence-corrected chi connectivity index (χ1v) is 6.51. The summed E-state index contributed by atoms with van der Waals surface area (Å²) in [6, 6.07) is 7.50. The van der Waals surface area contributed by atoms with Crippen LogP contribution in [0.25, 0.3) is 0 Å². The van der Waals surface area contributed by atoms with Crippen LogP contribution in [0.4, 0.5) is 0 Å². The molecule has 18 heavy (non-hydrogen) atoms. The van der Waals surface area contributed by atoms with Crippen LogP contribution in [0.15, 0.2) is 35.9 Å². The molecule has 1 aliphatic carbocycles. The number of aliphatic carboxylic acids is 1. The average Bonchev–Trinajstić information content (AvgIpc) is 2.28. The van der Waals surface area contributed by atoms with E-state index in [-0.39, 0.29) is 0 Å². The fourth-order valence-electron chi connectivity index (χ4n) is 2.85. The number of rotatable bonds is 2. The van der Waals surface area contributed by atoms with Crippen LogP contribution < -0.4 is 0 Å². The van der Waals surface area contributed by atoms with Gasteiger partial charge in [-0.25, -0.2) is 4.79 Å². The molecule has 1 aromatic carbocycles. The molecule has 0 aliphatic heterocycles. The zero-order valence-electron chi connectivity index (χ0n) is 10.6. The third-order valence-corrected chi connectivity index (χ3v) is 4.04. The number of hydrogen-bond donors (Lipinski definition) is 1. The van der Waals surface area contributed by atoms with Crippen molar-refractivity contribution in [2.75, 3.05) is 0 Å². The number of halogens is 1. The minimum Gasteiger partial charge on any atom is -0.478 e. The Labute approximate surface area is 112 Å². The van der Waals surface area contributed by atoms with Crippen LogP contribution >= 0.6 is 11.6 Å².